The molecule has 0 fully saturated rings. The van der Waals surface area contributed by atoms with Crippen LogP contribution in [0.3, 0.4) is 0 Å². The number of carboxylic acid groups (broad SMARTS) is 2. The lowest BCUT2D eigenvalue weighted by atomic mass is 9.68. The molecule has 0 aliphatic carbocycles. The Hall–Kier alpha value is -1.32. The van der Waals surface area contributed by atoms with Gasteiger partial charge in [-0.1, -0.05) is 53.9 Å². The van der Waals surface area contributed by atoms with E-state index in [1.165, 1.54) is 0 Å². The van der Waals surface area contributed by atoms with Crippen molar-refractivity contribution in [3.8, 4) is 0 Å². The van der Waals surface area contributed by atoms with E-state index in [1.54, 1.807) is 0 Å². The Morgan fingerprint density at radius 1 is 1.00 bits per heavy atom. The lowest BCUT2D eigenvalue weighted by Crippen LogP contribution is -2.29. The molecule has 0 aromatic carbocycles. The van der Waals surface area contributed by atoms with Gasteiger partial charge in [-0.05, 0) is 29.7 Å². The molecule has 0 spiro atoms. The van der Waals surface area contributed by atoms with E-state index in [9.17, 15) is 19.8 Å². The SMILES string of the molecule is CCCCC(C)(CCC)C(=C(C(=O)O)C(=O)O)C(C)C. The van der Waals surface area contributed by atoms with Crippen LogP contribution in [0.2, 0.25) is 0 Å². The van der Waals surface area contributed by atoms with Crippen LogP contribution < -0.4 is 0 Å². The van der Waals surface area contributed by atoms with Gasteiger partial charge in [0.2, 0.25) is 0 Å². The molecule has 2 N–H and O–H groups in total. The third-order valence-corrected chi connectivity index (χ3v) is 3.81. The summed E-state index contributed by atoms with van der Waals surface area (Å²) < 4.78 is 0. The highest BCUT2D eigenvalue weighted by Crippen LogP contribution is 2.43. The molecule has 0 saturated heterocycles. The van der Waals surface area contributed by atoms with Crippen LogP contribution in [0, 0.1) is 11.3 Å². The van der Waals surface area contributed by atoms with Gasteiger partial charge >= 0.3 is 11.9 Å². The van der Waals surface area contributed by atoms with Gasteiger partial charge in [-0.25, -0.2) is 9.59 Å². The molecule has 4 heteroatoms. The minimum Gasteiger partial charge on any atom is -0.477 e. The van der Waals surface area contributed by atoms with E-state index >= 15 is 0 Å². The van der Waals surface area contributed by atoms with Gasteiger partial charge in [-0.15, -0.1) is 0 Å². The van der Waals surface area contributed by atoms with Gasteiger partial charge in [-0.2, -0.15) is 0 Å². The quantitative estimate of drug-likeness (QED) is 0.379. The first kappa shape index (κ1) is 18.7. The maximum atomic E-state index is 11.4. The normalized spacial score (nSPS) is 13.9. The zero-order valence-electron chi connectivity index (χ0n) is 13.3. The summed E-state index contributed by atoms with van der Waals surface area (Å²) in [5, 5.41) is 18.6. The Bertz CT molecular complexity index is 366. The number of unbranched alkanes of at least 4 members (excludes halogenated alkanes) is 1. The van der Waals surface area contributed by atoms with Crippen molar-refractivity contribution in [3.05, 3.63) is 11.1 Å². The van der Waals surface area contributed by atoms with Crippen LogP contribution in [0.4, 0.5) is 0 Å². The van der Waals surface area contributed by atoms with Crippen LogP contribution in [-0.4, -0.2) is 22.2 Å². The Balaban J connectivity index is 5.99. The van der Waals surface area contributed by atoms with Gasteiger partial charge in [-0.3, -0.25) is 0 Å². The molecule has 0 aliphatic heterocycles. The zero-order chi connectivity index (χ0) is 15.9. The topological polar surface area (TPSA) is 74.6 Å². The zero-order valence-corrected chi connectivity index (χ0v) is 13.3. The minimum absolute atomic E-state index is 0.0920. The molecule has 0 rings (SSSR count). The number of hydrogen-bond donors (Lipinski definition) is 2. The lowest BCUT2D eigenvalue weighted by molar-refractivity contribution is -0.140. The van der Waals surface area contributed by atoms with Gasteiger partial charge in [0.1, 0.15) is 5.57 Å². The largest absolute Gasteiger partial charge is 0.477 e. The second kappa shape index (κ2) is 8.08. The van der Waals surface area contributed by atoms with Crippen molar-refractivity contribution in [2.45, 2.75) is 66.7 Å². The molecule has 1 atom stereocenters. The predicted octanol–water partition coefficient (Wildman–Crippen LogP) is 4.10. The molecule has 4 nitrogen and oxygen atoms in total. The van der Waals surface area contributed by atoms with Gasteiger partial charge in [0.25, 0.3) is 0 Å². The molecule has 0 heterocycles. The number of carbonyl (C=O) groups is 2. The molecular formula is C16H28O4. The summed E-state index contributed by atoms with van der Waals surface area (Å²) in [5.74, 6) is -2.76. The van der Waals surface area contributed by atoms with Crippen molar-refractivity contribution in [1.82, 2.24) is 0 Å². The summed E-state index contributed by atoms with van der Waals surface area (Å²) >= 11 is 0. The van der Waals surface area contributed by atoms with Crippen LogP contribution in [0.1, 0.15) is 66.7 Å². The monoisotopic (exact) mass is 284 g/mol. The standard InChI is InChI=1S/C16H28O4/c1-6-8-10-16(5,9-7-2)13(11(3)4)12(14(17)18)15(19)20/h11H,6-10H2,1-5H3,(H,17,18)(H,19,20). The predicted molar refractivity (Wildman–Crippen MR) is 79.7 cm³/mol. The average molecular weight is 284 g/mol. The molecular weight excluding hydrogens is 256 g/mol. The van der Waals surface area contributed by atoms with E-state index in [0.29, 0.717) is 5.57 Å². The first-order chi connectivity index (χ1) is 9.21. The molecule has 0 amide bonds. The Morgan fingerprint density at radius 3 is 1.80 bits per heavy atom. The summed E-state index contributed by atoms with van der Waals surface area (Å²) in [6.45, 7) is 9.89. The van der Waals surface area contributed by atoms with Gasteiger partial charge in [0.05, 0.1) is 0 Å². The summed E-state index contributed by atoms with van der Waals surface area (Å²) in [6.07, 6.45) is 4.53. The van der Waals surface area contributed by atoms with Crippen LogP contribution >= 0.6 is 0 Å². The Morgan fingerprint density at radius 2 is 1.50 bits per heavy atom. The van der Waals surface area contributed by atoms with E-state index in [1.807, 2.05) is 27.7 Å². The van der Waals surface area contributed by atoms with E-state index in [-0.39, 0.29) is 11.3 Å². The second-order valence-corrected chi connectivity index (χ2v) is 5.97. The van der Waals surface area contributed by atoms with E-state index in [0.717, 1.165) is 32.1 Å². The molecule has 20 heavy (non-hydrogen) atoms. The first-order valence-corrected chi connectivity index (χ1v) is 7.42. The van der Waals surface area contributed by atoms with Crippen LogP contribution in [0.25, 0.3) is 0 Å². The molecule has 0 saturated carbocycles. The van der Waals surface area contributed by atoms with Crippen LogP contribution in [0.5, 0.6) is 0 Å². The minimum atomic E-state index is -1.33. The summed E-state index contributed by atoms with van der Waals surface area (Å²) in [4.78, 5) is 22.7. The maximum absolute atomic E-state index is 11.4. The van der Waals surface area contributed by atoms with Crippen molar-refractivity contribution >= 4 is 11.9 Å². The van der Waals surface area contributed by atoms with E-state index < -0.39 is 17.5 Å². The molecule has 0 aromatic rings. The van der Waals surface area contributed by atoms with Crippen molar-refractivity contribution in [3.63, 3.8) is 0 Å². The third-order valence-electron chi connectivity index (χ3n) is 3.81. The number of aliphatic carboxylic acids is 2. The molecule has 0 bridgehead atoms. The summed E-state index contributed by atoms with van der Waals surface area (Å²) in [6, 6.07) is 0. The number of rotatable bonds is 9. The highest BCUT2D eigenvalue weighted by molar-refractivity contribution is 6.13. The molecule has 1 unspecified atom stereocenters. The van der Waals surface area contributed by atoms with Crippen molar-refractivity contribution in [1.29, 1.82) is 0 Å². The number of hydrogen-bond acceptors (Lipinski definition) is 2. The first-order valence-electron chi connectivity index (χ1n) is 7.42. The van der Waals surface area contributed by atoms with Crippen molar-refractivity contribution in [2.24, 2.45) is 11.3 Å². The van der Waals surface area contributed by atoms with E-state index in [4.69, 9.17) is 0 Å². The molecule has 0 aliphatic rings. The van der Waals surface area contributed by atoms with Crippen LogP contribution in [0.15, 0.2) is 11.1 Å². The van der Waals surface area contributed by atoms with Gasteiger partial charge in [0.15, 0.2) is 0 Å². The number of allylic oxidation sites excluding steroid dienone is 1. The van der Waals surface area contributed by atoms with Crippen LogP contribution in [-0.2, 0) is 9.59 Å². The van der Waals surface area contributed by atoms with E-state index in [2.05, 4.69) is 6.92 Å². The molecule has 0 aromatic heterocycles. The third kappa shape index (κ3) is 4.66. The van der Waals surface area contributed by atoms with Gasteiger partial charge in [0, 0.05) is 0 Å². The van der Waals surface area contributed by atoms with Crippen molar-refractivity contribution in [2.75, 3.05) is 0 Å². The molecule has 0 radical (unpaired) electrons. The second-order valence-electron chi connectivity index (χ2n) is 5.97. The summed E-state index contributed by atoms with van der Waals surface area (Å²) in [5.41, 5.74) is -0.217. The number of carboxylic acids is 2. The van der Waals surface area contributed by atoms with Gasteiger partial charge < -0.3 is 10.2 Å². The highest BCUT2D eigenvalue weighted by Gasteiger charge is 2.36. The highest BCUT2D eigenvalue weighted by atomic mass is 16.4. The fourth-order valence-electron chi connectivity index (χ4n) is 3.12. The smallest absolute Gasteiger partial charge is 0.343 e. The summed E-state index contributed by atoms with van der Waals surface area (Å²) in [7, 11) is 0. The maximum Gasteiger partial charge on any atom is 0.343 e. The fraction of sp³-hybridized carbons (Fsp3) is 0.750. The Kier molecular flexibility index (Phi) is 7.54. The molecule has 116 valence electrons. The average Bonchev–Trinajstić information content (AvgIpc) is 2.32. The fourth-order valence-corrected chi connectivity index (χ4v) is 3.12. The Labute approximate surface area is 121 Å². The van der Waals surface area contributed by atoms with Crippen molar-refractivity contribution < 1.29 is 19.8 Å². The lowest BCUT2D eigenvalue weighted by Gasteiger charge is -2.35.